The molecule has 0 unspecified atom stereocenters. The molecule has 21 heavy (non-hydrogen) atoms. The van der Waals surface area contributed by atoms with Crippen molar-refractivity contribution in [3.63, 3.8) is 0 Å². The molecule has 0 radical (unpaired) electrons. The standard InChI is InChI=1S/C16H17N5/c1-21-16-13(15(17)18-9-19-16)14(20-21)12-7-5-11(6-8-12)10-3-2-4-10/h5-10H,2-4H2,1H3,(H2,17,18,19). The fourth-order valence-electron chi connectivity index (χ4n) is 2.97. The van der Waals surface area contributed by atoms with Gasteiger partial charge in [-0.15, -0.1) is 0 Å². The molecule has 0 saturated heterocycles. The van der Waals surface area contributed by atoms with Crippen LogP contribution in [0.2, 0.25) is 0 Å². The van der Waals surface area contributed by atoms with E-state index in [9.17, 15) is 0 Å². The Labute approximate surface area is 122 Å². The molecule has 3 aromatic rings. The van der Waals surface area contributed by atoms with Crippen LogP contribution < -0.4 is 5.73 Å². The number of nitrogen functional groups attached to an aromatic ring is 1. The van der Waals surface area contributed by atoms with Gasteiger partial charge in [-0.1, -0.05) is 30.7 Å². The van der Waals surface area contributed by atoms with E-state index in [0.29, 0.717) is 5.82 Å². The Kier molecular flexibility index (Phi) is 2.67. The summed E-state index contributed by atoms with van der Waals surface area (Å²) in [5.74, 6) is 1.22. The number of hydrogen-bond acceptors (Lipinski definition) is 4. The molecule has 5 nitrogen and oxygen atoms in total. The maximum Gasteiger partial charge on any atom is 0.163 e. The number of benzene rings is 1. The lowest BCUT2D eigenvalue weighted by Crippen LogP contribution is -2.08. The number of fused-ring (bicyclic) bond motifs is 1. The van der Waals surface area contributed by atoms with E-state index in [1.54, 1.807) is 4.68 Å². The van der Waals surface area contributed by atoms with Crippen molar-refractivity contribution in [2.45, 2.75) is 25.2 Å². The van der Waals surface area contributed by atoms with Gasteiger partial charge in [0.05, 0.1) is 5.39 Å². The van der Waals surface area contributed by atoms with Gasteiger partial charge in [0.1, 0.15) is 17.8 Å². The monoisotopic (exact) mass is 279 g/mol. The maximum atomic E-state index is 6.01. The van der Waals surface area contributed by atoms with Crippen molar-refractivity contribution in [2.75, 3.05) is 5.73 Å². The van der Waals surface area contributed by atoms with Gasteiger partial charge in [0.25, 0.3) is 0 Å². The quantitative estimate of drug-likeness (QED) is 0.783. The lowest BCUT2D eigenvalue weighted by Gasteiger charge is -2.25. The molecule has 1 saturated carbocycles. The second kappa shape index (κ2) is 4.55. The highest BCUT2D eigenvalue weighted by atomic mass is 15.3. The molecule has 2 N–H and O–H groups in total. The van der Waals surface area contributed by atoms with Crippen LogP contribution >= 0.6 is 0 Å². The van der Waals surface area contributed by atoms with Crippen LogP contribution in [0.4, 0.5) is 5.82 Å². The summed E-state index contributed by atoms with van der Waals surface area (Å²) in [7, 11) is 1.88. The van der Waals surface area contributed by atoms with Crippen LogP contribution in [0.1, 0.15) is 30.7 Å². The lowest BCUT2D eigenvalue weighted by molar-refractivity contribution is 0.420. The van der Waals surface area contributed by atoms with Crippen LogP contribution in [0, 0.1) is 0 Å². The summed E-state index contributed by atoms with van der Waals surface area (Å²) < 4.78 is 1.75. The van der Waals surface area contributed by atoms with E-state index >= 15 is 0 Å². The summed E-state index contributed by atoms with van der Waals surface area (Å²) in [6, 6.07) is 8.67. The molecular formula is C16H17N5. The largest absolute Gasteiger partial charge is 0.383 e. The SMILES string of the molecule is Cn1nc(-c2ccc(C3CCC3)cc2)c2c(N)ncnc21. The lowest BCUT2D eigenvalue weighted by atomic mass is 9.80. The van der Waals surface area contributed by atoms with E-state index in [4.69, 9.17) is 5.73 Å². The zero-order valence-electron chi connectivity index (χ0n) is 12.0. The third-order valence-corrected chi connectivity index (χ3v) is 4.41. The molecule has 0 spiro atoms. The molecule has 2 heterocycles. The van der Waals surface area contributed by atoms with Crippen LogP contribution in [0.5, 0.6) is 0 Å². The van der Waals surface area contributed by atoms with Gasteiger partial charge in [-0.05, 0) is 24.3 Å². The van der Waals surface area contributed by atoms with Gasteiger partial charge >= 0.3 is 0 Å². The van der Waals surface area contributed by atoms with E-state index < -0.39 is 0 Å². The predicted octanol–water partition coefficient (Wildman–Crippen LogP) is 2.88. The highest BCUT2D eigenvalue weighted by molar-refractivity contribution is 5.98. The zero-order chi connectivity index (χ0) is 14.4. The second-order valence-corrected chi connectivity index (χ2v) is 5.68. The fourth-order valence-corrected chi connectivity index (χ4v) is 2.97. The molecule has 1 fully saturated rings. The first-order valence-electron chi connectivity index (χ1n) is 7.27. The number of rotatable bonds is 2. The summed E-state index contributed by atoms with van der Waals surface area (Å²) in [6.07, 6.45) is 5.45. The minimum absolute atomic E-state index is 0.478. The Morgan fingerprint density at radius 1 is 1.14 bits per heavy atom. The Morgan fingerprint density at radius 2 is 1.90 bits per heavy atom. The zero-order valence-corrected chi connectivity index (χ0v) is 12.0. The van der Waals surface area contributed by atoms with Gasteiger partial charge in [0.2, 0.25) is 0 Å². The molecule has 0 amide bonds. The molecule has 1 aromatic carbocycles. The number of aromatic nitrogens is 4. The van der Waals surface area contributed by atoms with E-state index in [0.717, 1.165) is 28.2 Å². The first-order valence-corrected chi connectivity index (χ1v) is 7.27. The second-order valence-electron chi connectivity index (χ2n) is 5.68. The highest BCUT2D eigenvalue weighted by Gasteiger charge is 2.20. The Balaban J connectivity index is 1.82. The van der Waals surface area contributed by atoms with Crippen LogP contribution in [-0.2, 0) is 7.05 Å². The molecule has 106 valence electrons. The third-order valence-electron chi connectivity index (χ3n) is 4.41. The number of nitrogens with zero attached hydrogens (tertiary/aromatic N) is 4. The molecular weight excluding hydrogens is 262 g/mol. The van der Waals surface area contributed by atoms with E-state index in [-0.39, 0.29) is 0 Å². The molecule has 4 rings (SSSR count). The number of nitrogens with two attached hydrogens (primary N) is 1. The maximum absolute atomic E-state index is 6.01. The van der Waals surface area contributed by atoms with Crippen molar-refractivity contribution in [1.82, 2.24) is 19.7 Å². The summed E-state index contributed by atoms with van der Waals surface area (Å²) in [4.78, 5) is 8.35. The first-order chi connectivity index (χ1) is 10.2. The first kappa shape index (κ1) is 12.3. The molecule has 2 aromatic heterocycles. The van der Waals surface area contributed by atoms with Crippen molar-refractivity contribution in [1.29, 1.82) is 0 Å². The number of aryl methyl sites for hydroxylation is 1. The smallest absolute Gasteiger partial charge is 0.163 e. The van der Waals surface area contributed by atoms with Gasteiger partial charge in [-0.3, -0.25) is 0 Å². The number of anilines is 1. The highest BCUT2D eigenvalue weighted by Crippen LogP contribution is 2.37. The minimum Gasteiger partial charge on any atom is -0.383 e. The van der Waals surface area contributed by atoms with Gasteiger partial charge in [0.15, 0.2) is 5.65 Å². The van der Waals surface area contributed by atoms with Crippen LogP contribution in [0.25, 0.3) is 22.3 Å². The normalized spacial score (nSPS) is 15.3. The Bertz CT molecular complexity index is 799. The average molecular weight is 279 g/mol. The van der Waals surface area contributed by atoms with Crippen molar-refractivity contribution in [3.8, 4) is 11.3 Å². The van der Waals surface area contributed by atoms with Crippen molar-refractivity contribution >= 4 is 16.9 Å². The molecule has 1 aliphatic carbocycles. The molecule has 0 atom stereocenters. The van der Waals surface area contributed by atoms with Crippen molar-refractivity contribution in [2.24, 2.45) is 7.05 Å². The molecule has 0 aliphatic heterocycles. The molecule has 5 heteroatoms. The summed E-state index contributed by atoms with van der Waals surface area (Å²) in [5, 5.41) is 5.39. The van der Waals surface area contributed by atoms with Gasteiger partial charge in [0, 0.05) is 12.6 Å². The van der Waals surface area contributed by atoms with Crippen molar-refractivity contribution in [3.05, 3.63) is 36.2 Å². The molecule has 0 bridgehead atoms. The minimum atomic E-state index is 0.478. The third kappa shape index (κ3) is 1.88. The predicted molar refractivity (Wildman–Crippen MR) is 82.7 cm³/mol. The Hall–Kier alpha value is -2.43. The van der Waals surface area contributed by atoms with Crippen molar-refractivity contribution < 1.29 is 0 Å². The fraction of sp³-hybridized carbons (Fsp3) is 0.312. The van der Waals surface area contributed by atoms with Crippen LogP contribution in [-0.4, -0.2) is 19.7 Å². The van der Waals surface area contributed by atoms with Crippen LogP contribution in [0.15, 0.2) is 30.6 Å². The summed E-state index contributed by atoms with van der Waals surface area (Å²) >= 11 is 0. The van der Waals surface area contributed by atoms with E-state index in [2.05, 4.69) is 39.3 Å². The van der Waals surface area contributed by atoms with Gasteiger partial charge in [-0.25, -0.2) is 14.6 Å². The topological polar surface area (TPSA) is 69.6 Å². The average Bonchev–Trinajstić information content (AvgIpc) is 2.77. The summed E-state index contributed by atoms with van der Waals surface area (Å²) in [5.41, 5.74) is 10.1. The van der Waals surface area contributed by atoms with Gasteiger partial charge < -0.3 is 5.73 Å². The Morgan fingerprint density at radius 3 is 2.57 bits per heavy atom. The van der Waals surface area contributed by atoms with Crippen LogP contribution in [0.3, 0.4) is 0 Å². The molecule has 1 aliphatic rings. The van der Waals surface area contributed by atoms with E-state index in [1.165, 1.54) is 31.2 Å². The summed E-state index contributed by atoms with van der Waals surface area (Å²) in [6.45, 7) is 0. The number of hydrogen-bond donors (Lipinski definition) is 1. The van der Waals surface area contributed by atoms with E-state index in [1.807, 2.05) is 7.05 Å². The van der Waals surface area contributed by atoms with Gasteiger partial charge in [-0.2, -0.15) is 5.10 Å².